The maximum absolute atomic E-state index is 11.6. The summed E-state index contributed by atoms with van der Waals surface area (Å²) >= 11 is 0. The van der Waals surface area contributed by atoms with Crippen LogP contribution in [0.2, 0.25) is 0 Å². The topological polar surface area (TPSA) is 42.0 Å². The molecule has 106 valence electrons. The number of rotatable bonds is 4. The van der Waals surface area contributed by atoms with Crippen molar-refractivity contribution < 1.29 is 4.79 Å². The fraction of sp³-hybridized carbons (Fsp3) is 0.222. The number of hydrogen-bond donors (Lipinski definition) is 1. The predicted molar refractivity (Wildman–Crippen MR) is 84.8 cm³/mol. The van der Waals surface area contributed by atoms with Crippen LogP contribution in [0.25, 0.3) is 0 Å². The molecule has 3 heteroatoms. The Kier molecular flexibility index (Phi) is 5.54. The van der Waals surface area contributed by atoms with E-state index in [4.69, 9.17) is 0 Å². The zero-order valence-electron chi connectivity index (χ0n) is 12.1. The van der Waals surface area contributed by atoms with E-state index in [1.54, 1.807) is 12.3 Å². The number of amides is 1. The maximum Gasteiger partial charge on any atom is 0.225 e. The summed E-state index contributed by atoms with van der Waals surface area (Å²) in [5.41, 5.74) is 1.79. The van der Waals surface area contributed by atoms with Gasteiger partial charge in [0.25, 0.3) is 0 Å². The summed E-state index contributed by atoms with van der Waals surface area (Å²) in [6, 6.07) is 13.4. The molecule has 0 aliphatic rings. The molecule has 1 amide bonds. The summed E-state index contributed by atoms with van der Waals surface area (Å²) in [4.78, 5) is 15.8. The van der Waals surface area contributed by atoms with Gasteiger partial charge in [0.15, 0.2) is 0 Å². The van der Waals surface area contributed by atoms with E-state index in [0.29, 0.717) is 12.2 Å². The SMILES string of the molecule is CCCCC(=O)Nc1ccc(C#Cc2ccccc2)cn1. The summed E-state index contributed by atoms with van der Waals surface area (Å²) in [5, 5.41) is 2.78. The number of hydrogen-bond acceptors (Lipinski definition) is 2. The summed E-state index contributed by atoms with van der Waals surface area (Å²) in [7, 11) is 0. The highest BCUT2D eigenvalue weighted by Gasteiger charge is 2.01. The molecule has 0 spiro atoms. The van der Waals surface area contributed by atoms with E-state index >= 15 is 0 Å². The van der Waals surface area contributed by atoms with Crippen LogP contribution in [0.15, 0.2) is 48.7 Å². The second kappa shape index (κ2) is 7.86. The van der Waals surface area contributed by atoms with Crippen molar-refractivity contribution in [3.05, 3.63) is 59.8 Å². The molecule has 0 atom stereocenters. The molecule has 0 bridgehead atoms. The molecule has 0 radical (unpaired) electrons. The molecule has 21 heavy (non-hydrogen) atoms. The van der Waals surface area contributed by atoms with E-state index in [1.807, 2.05) is 36.4 Å². The first-order valence-corrected chi connectivity index (χ1v) is 7.11. The number of nitrogens with one attached hydrogen (secondary N) is 1. The van der Waals surface area contributed by atoms with Gasteiger partial charge in [-0.25, -0.2) is 4.98 Å². The Hall–Kier alpha value is -2.60. The number of anilines is 1. The first-order valence-electron chi connectivity index (χ1n) is 7.11. The van der Waals surface area contributed by atoms with Gasteiger partial charge in [0.2, 0.25) is 5.91 Å². The summed E-state index contributed by atoms with van der Waals surface area (Å²) in [6.07, 6.45) is 4.11. The molecule has 1 N–H and O–H groups in total. The van der Waals surface area contributed by atoms with Crippen molar-refractivity contribution in [2.75, 3.05) is 5.32 Å². The quantitative estimate of drug-likeness (QED) is 0.868. The fourth-order valence-corrected chi connectivity index (χ4v) is 1.75. The zero-order chi connectivity index (χ0) is 14.9. The van der Waals surface area contributed by atoms with Crippen LogP contribution in [0.3, 0.4) is 0 Å². The highest BCUT2D eigenvalue weighted by molar-refractivity contribution is 5.89. The van der Waals surface area contributed by atoms with Crippen molar-refractivity contribution >= 4 is 11.7 Å². The van der Waals surface area contributed by atoms with Crippen LogP contribution in [0.5, 0.6) is 0 Å². The predicted octanol–water partition coefficient (Wildman–Crippen LogP) is 3.61. The lowest BCUT2D eigenvalue weighted by Gasteiger charge is -2.03. The molecule has 2 aromatic rings. The van der Waals surface area contributed by atoms with Gasteiger partial charge in [0, 0.05) is 23.7 Å². The molecule has 0 saturated carbocycles. The lowest BCUT2D eigenvalue weighted by molar-refractivity contribution is -0.116. The maximum atomic E-state index is 11.6. The molecule has 1 aromatic heterocycles. The van der Waals surface area contributed by atoms with Gasteiger partial charge in [-0.15, -0.1) is 0 Å². The number of pyridine rings is 1. The van der Waals surface area contributed by atoms with Crippen molar-refractivity contribution in [3.63, 3.8) is 0 Å². The van der Waals surface area contributed by atoms with Crippen molar-refractivity contribution in [2.24, 2.45) is 0 Å². The average molecular weight is 278 g/mol. The van der Waals surface area contributed by atoms with Crippen LogP contribution in [-0.4, -0.2) is 10.9 Å². The Morgan fingerprint density at radius 3 is 2.52 bits per heavy atom. The smallest absolute Gasteiger partial charge is 0.225 e. The monoisotopic (exact) mass is 278 g/mol. The summed E-state index contributed by atoms with van der Waals surface area (Å²) < 4.78 is 0. The lowest BCUT2D eigenvalue weighted by Crippen LogP contribution is -2.11. The van der Waals surface area contributed by atoms with E-state index < -0.39 is 0 Å². The number of carbonyl (C=O) groups excluding carboxylic acids is 1. The molecular weight excluding hydrogens is 260 g/mol. The molecule has 0 aliphatic heterocycles. The molecule has 1 aromatic carbocycles. The van der Waals surface area contributed by atoms with Gasteiger partial charge in [-0.1, -0.05) is 43.4 Å². The van der Waals surface area contributed by atoms with Gasteiger partial charge in [-0.3, -0.25) is 4.79 Å². The Morgan fingerprint density at radius 2 is 1.86 bits per heavy atom. The fourth-order valence-electron chi connectivity index (χ4n) is 1.75. The number of benzene rings is 1. The van der Waals surface area contributed by atoms with E-state index in [2.05, 4.69) is 29.1 Å². The second-order valence-electron chi connectivity index (χ2n) is 4.70. The van der Waals surface area contributed by atoms with E-state index in [1.165, 1.54) is 0 Å². The highest BCUT2D eigenvalue weighted by Crippen LogP contribution is 2.06. The van der Waals surface area contributed by atoms with Gasteiger partial charge >= 0.3 is 0 Å². The first-order chi connectivity index (χ1) is 10.3. The summed E-state index contributed by atoms with van der Waals surface area (Å²) in [6.45, 7) is 2.06. The number of nitrogens with zero attached hydrogens (tertiary/aromatic N) is 1. The molecule has 2 rings (SSSR count). The van der Waals surface area contributed by atoms with Gasteiger partial charge < -0.3 is 5.32 Å². The number of unbranched alkanes of at least 4 members (excludes halogenated alkanes) is 1. The van der Waals surface area contributed by atoms with E-state index in [-0.39, 0.29) is 5.91 Å². The normalized spacial score (nSPS) is 9.57. The molecular formula is C18H18N2O. The van der Waals surface area contributed by atoms with Crippen LogP contribution in [-0.2, 0) is 4.79 Å². The molecule has 3 nitrogen and oxygen atoms in total. The minimum atomic E-state index is 0.00692. The largest absolute Gasteiger partial charge is 0.311 e. The van der Waals surface area contributed by atoms with Crippen molar-refractivity contribution in [1.29, 1.82) is 0 Å². The van der Waals surface area contributed by atoms with Gasteiger partial charge in [-0.05, 0) is 30.7 Å². The Labute approximate surface area is 125 Å². The Morgan fingerprint density at radius 1 is 1.10 bits per heavy atom. The average Bonchev–Trinajstić information content (AvgIpc) is 2.53. The van der Waals surface area contributed by atoms with Crippen LogP contribution in [0, 0.1) is 11.8 Å². The third-order valence-corrected chi connectivity index (χ3v) is 2.91. The minimum Gasteiger partial charge on any atom is -0.311 e. The van der Waals surface area contributed by atoms with Crippen molar-refractivity contribution in [1.82, 2.24) is 4.98 Å². The lowest BCUT2D eigenvalue weighted by atomic mass is 10.2. The second-order valence-corrected chi connectivity index (χ2v) is 4.70. The third kappa shape index (κ3) is 5.12. The third-order valence-electron chi connectivity index (χ3n) is 2.91. The van der Waals surface area contributed by atoms with Crippen LogP contribution in [0.4, 0.5) is 5.82 Å². The van der Waals surface area contributed by atoms with E-state index in [9.17, 15) is 4.79 Å². The van der Waals surface area contributed by atoms with Crippen LogP contribution >= 0.6 is 0 Å². The number of aromatic nitrogens is 1. The Balaban J connectivity index is 1.96. The summed E-state index contributed by atoms with van der Waals surface area (Å²) in [5.74, 6) is 6.70. The standard InChI is InChI=1S/C18H18N2O/c1-2-3-9-18(21)20-17-13-12-16(14-19-17)11-10-15-7-5-4-6-8-15/h4-8,12-14H,2-3,9H2,1H3,(H,19,20,21). The zero-order valence-corrected chi connectivity index (χ0v) is 12.1. The Bertz CT molecular complexity index is 636. The van der Waals surface area contributed by atoms with Crippen molar-refractivity contribution in [3.8, 4) is 11.8 Å². The van der Waals surface area contributed by atoms with Crippen LogP contribution in [0.1, 0.15) is 37.3 Å². The van der Waals surface area contributed by atoms with Gasteiger partial charge in [0.1, 0.15) is 5.82 Å². The van der Waals surface area contributed by atoms with Crippen LogP contribution < -0.4 is 5.32 Å². The number of carbonyl (C=O) groups is 1. The van der Waals surface area contributed by atoms with Crippen molar-refractivity contribution in [2.45, 2.75) is 26.2 Å². The van der Waals surface area contributed by atoms with Gasteiger partial charge in [0.05, 0.1) is 0 Å². The molecule has 0 fully saturated rings. The molecule has 0 saturated heterocycles. The first kappa shape index (κ1) is 14.8. The minimum absolute atomic E-state index is 0.00692. The molecule has 1 heterocycles. The highest BCUT2D eigenvalue weighted by atomic mass is 16.1. The van der Waals surface area contributed by atoms with E-state index in [0.717, 1.165) is 24.0 Å². The van der Waals surface area contributed by atoms with Gasteiger partial charge in [-0.2, -0.15) is 0 Å². The molecule has 0 aliphatic carbocycles. The molecule has 0 unspecified atom stereocenters.